The molecule has 1 fully saturated rings. The lowest BCUT2D eigenvalue weighted by Gasteiger charge is -2.27. The monoisotopic (exact) mass is 322 g/mol. The SMILES string of the molecule is CC.CC.CN1CCCc2c(C#CC3(C(F)F)CC3)cncc21. The number of hydrogen-bond acceptors (Lipinski definition) is 2. The number of anilines is 1. The quantitative estimate of drug-likeness (QED) is 0.683. The van der Waals surface area contributed by atoms with E-state index < -0.39 is 11.8 Å². The summed E-state index contributed by atoms with van der Waals surface area (Å²) in [5.74, 6) is 5.75. The smallest absolute Gasteiger partial charge is 0.254 e. The van der Waals surface area contributed by atoms with E-state index in [2.05, 4.69) is 21.7 Å². The standard InChI is InChI=1S/C15H16F2N2.2C2H6/c1-19-8-2-3-12-11(9-18-10-13(12)19)4-5-15(6-7-15)14(16)17;2*1-2/h9-10,14H,2-3,6-8H2,1H3;2*1-2H3. The second-order valence-corrected chi connectivity index (χ2v) is 5.42. The highest BCUT2D eigenvalue weighted by atomic mass is 19.3. The molecule has 0 unspecified atom stereocenters. The Kier molecular flexibility index (Phi) is 7.48. The molecule has 2 nitrogen and oxygen atoms in total. The van der Waals surface area contributed by atoms with E-state index in [1.165, 1.54) is 0 Å². The van der Waals surface area contributed by atoms with Gasteiger partial charge in [0.15, 0.2) is 0 Å². The largest absolute Gasteiger partial charge is 0.373 e. The van der Waals surface area contributed by atoms with E-state index in [0.29, 0.717) is 12.8 Å². The molecule has 0 spiro atoms. The van der Waals surface area contributed by atoms with Gasteiger partial charge in [0.05, 0.1) is 17.3 Å². The average molecular weight is 322 g/mol. The van der Waals surface area contributed by atoms with Gasteiger partial charge in [-0.05, 0) is 31.2 Å². The Morgan fingerprint density at radius 1 is 1.17 bits per heavy atom. The van der Waals surface area contributed by atoms with Gasteiger partial charge < -0.3 is 4.90 Å². The lowest BCUT2D eigenvalue weighted by Crippen LogP contribution is -2.25. The molecule has 1 aliphatic carbocycles. The predicted molar refractivity (Wildman–Crippen MR) is 93.1 cm³/mol. The molecule has 23 heavy (non-hydrogen) atoms. The molecule has 0 N–H and O–H groups in total. The van der Waals surface area contributed by atoms with Crippen molar-refractivity contribution in [2.45, 2.75) is 59.8 Å². The van der Waals surface area contributed by atoms with E-state index in [-0.39, 0.29) is 0 Å². The number of alkyl halides is 2. The molecule has 0 radical (unpaired) electrons. The average Bonchev–Trinajstić information content (AvgIpc) is 3.38. The van der Waals surface area contributed by atoms with Crippen molar-refractivity contribution >= 4 is 5.69 Å². The highest BCUT2D eigenvalue weighted by Gasteiger charge is 2.50. The maximum absolute atomic E-state index is 12.9. The Hall–Kier alpha value is -1.63. The van der Waals surface area contributed by atoms with Crippen LogP contribution >= 0.6 is 0 Å². The van der Waals surface area contributed by atoms with E-state index in [1.807, 2.05) is 40.9 Å². The second kappa shape index (κ2) is 8.86. The molecule has 1 aromatic heterocycles. The number of pyridine rings is 1. The van der Waals surface area contributed by atoms with Crippen LogP contribution in [0.2, 0.25) is 0 Å². The van der Waals surface area contributed by atoms with Crippen LogP contribution in [0.3, 0.4) is 0 Å². The lowest BCUT2D eigenvalue weighted by atomic mass is 9.98. The van der Waals surface area contributed by atoms with Crippen molar-refractivity contribution in [1.29, 1.82) is 0 Å². The maximum Gasteiger partial charge on any atom is 0.254 e. The maximum atomic E-state index is 12.9. The van der Waals surface area contributed by atoms with Gasteiger partial charge >= 0.3 is 0 Å². The first-order chi connectivity index (χ1) is 11.1. The summed E-state index contributed by atoms with van der Waals surface area (Å²) in [4.78, 5) is 6.33. The fourth-order valence-electron chi connectivity index (χ4n) is 2.51. The minimum Gasteiger partial charge on any atom is -0.373 e. The van der Waals surface area contributed by atoms with Crippen molar-refractivity contribution in [3.05, 3.63) is 23.5 Å². The first kappa shape index (κ1) is 19.4. The summed E-state index contributed by atoms with van der Waals surface area (Å²) in [6.07, 6.45) is 4.25. The number of halogens is 2. The van der Waals surface area contributed by atoms with Gasteiger partial charge in [0.2, 0.25) is 0 Å². The van der Waals surface area contributed by atoms with Gasteiger partial charge in [-0.25, -0.2) is 8.78 Å². The Bertz CT molecular complexity index is 554. The highest BCUT2D eigenvalue weighted by Crippen LogP contribution is 2.50. The molecule has 0 bridgehead atoms. The lowest BCUT2D eigenvalue weighted by molar-refractivity contribution is 0.0921. The van der Waals surface area contributed by atoms with Crippen LogP contribution in [0.15, 0.2) is 12.4 Å². The number of rotatable bonds is 1. The Balaban J connectivity index is 0.000000615. The Labute approximate surface area is 139 Å². The van der Waals surface area contributed by atoms with Gasteiger partial charge in [0.1, 0.15) is 0 Å². The highest BCUT2D eigenvalue weighted by molar-refractivity contribution is 5.60. The van der Waals surface area contributed by atoms with E-state index >= 15 is 0 Å². The molecule has 1 aliphatic heterocycles. The predicted octanol–water partition coefficient (Wildman–Crippen LogP) is 4.91. The molecule has 1 aromatic rings. The van der Waals surface area contributed by atoms with Crippen LogP contribution in [0.1, 0.15) is 58.1 Å². The summed E-state index contributed by atoms with van der Waals surface area (Å²) in [7, 11) is 2.03. The van der Waals surface area contributed by atoms with E-state index in [0.717, 1.165) is 36.2 Å². The van der Waals surface area contributed by atoms with Crippen LogP contribution in [0.25, 0.3) is 0 Å². The fourth-order valence-corrected chi connectivity index (χ4v) is 2.51. The summed E-state index contributed by atoms with van der Waals surface area (Å²) in [6.45, 7) is 9.01. The van der Waals surface area contributed by atoms with Crippen LogP contribution in [-0.2, 0) is 6.42 Å². The van der Waals surface area contributed by atoms with Crippen molar-refractivity contribution in [3.63, 3.8) is 0 Å². The van der Waals surface area contributed by atoms with Gasteiger partial charge in [-0.2, -0.15) is 0 Å². The van der Waals surface area contributed by atoms with Crippen LogP contribution in [-0.4, -0.2) is 25.0 Å². The van der Waals surface area contributed by atoms with Crippen LogP contribution in [0.5, 0.6) is 0 Å². The summed E-state index contributed by atoms with van der Waals surface area (Å²) < 4.78 is 25.7. The minimum absolute atomic E-state index is 0.514. The van der Waals surface area contributed by atoms with Crippen molar-refractivity contribution in [2.75, 3.05) is 18.5 Å². The second-order valence-electron chi connectivity index (χ2n) is 5.42. The molecule has 3 rings (SSSR count). The zero-order valence-corrected chi connectivity index (χ0v) is 14.9. The van der Waals surface area contributed by atoms with Gasteiger partial charge in [0.25, 0.3) is 6.43 Å². The molecule has 2 aliphatic rings. The van der Waals surface area contributed by atoms with Gasteiger partial charge in [-0.15, -0.1) is 0 Å². The molecule has 128 valence electrons. The van der Waals surface area contributed by atoms with E-state index in [1.54, 1.807) is 6.20 Å². The number of aromatic nitrogens is 1. The topological polar surface area (TPSA) is 16.1 Å². The normalized spacial score (nSPS) is 16.8. The fraction of sp³-hybridized carbons (Fsp3) is 0.632. The van der Waals surface area contributed by atoms with E-state index in [4.69, 9.17) is 0 Å². The molecule has 1 saturated carbocycles. The van der Waals surface area contributed by atoms with Crippen molar-refractivity contribution in [1.82, 2.24) is 4.98 Å². The summed E-state index contributed by atoms with van der Waals surface area (Å²) >= 11 is 0. The molecule has 2 heterocycles. The molecular formula is C19H28F2N2. The first-order valence-corrected chi connectivity index (χ1v) is 8.62. The van der Waals surface area contributed by atoms with Gasteiger partial charge in [-0.1, -0.05) is 39.5 Å². The van der Waals surface area contributed by atoms with Crippen molar-refractivity contribution in [3.8, 4) is 11.8 Å². The van der Waals surface area contributed by atoms with Crippen LogP contribution in [0, 0.1) is 17.3 Å². The van der Waals surface area contributed by atoms with Gasteiger partial charge in [0, 0.05) is 25.4 Å². The zero-order valence-electron chi connectivity index (χ0n) is 14.9. The minimum atomic E-state index is -2.34. The van der Waals surface area contributed by atoms with Crippen molar-refractivity contribution < 1.29 is 8.78 Å². The third kappa shape index (κ3) is 4.43. The van der Waals surface area contributed by atoms with Gasteiger partial charge in [-0.3, -0.25) is 4.98 Å². The molecule has 0 amide bonds. The van der Waals surface area contributed by atoms with E-state index in [9.17, 15) is 8.78 Å². The number of hydrogen-bond donors (Lipinski definition) is 0. The molecule has 0 atom stereocenters. The summed E-state index contributed by atoms with van der Waals surface area (Å²) in [6, 6.07) is 0. The summed E-state index contributed by atoms with van der Waals surface area (Å²) in [5.41, 5.74) is 2.01. The third-order valence-corrected chi connectivity index (χ3v) is 4.02. The molecular weight excluding hydrogens is 294 g/mol. The van der Waals surface area contributed by atoms with Crippen LogP contribution in [0.4, 0.5) is 14.5 Å². The summed E-state index contributed by atoms with van der Waals surface area (Å²) in [5, 5.41) is 0. The first-order valence-electron chi connectivity index (χ1n) is 8.62. The van der Waals surface area contributed by atoms with Crippen LogP contribution < -0.4 is 4.90 Å². The number of nitrogens with zero attached hydrogens (tertiary/aromatic N) is 2. The molecule has 0 aromatic carbocycles. The molecule has 4 heteroatoms. The Morgan fingerprint density at radius 3 is 2.39 bits per heavy atom. The Morgan fingerprint density at radius 2 is 1.83 bits per heavy atom. The molecule has 0 saturated heterocycles. The van der Waals surface area contributed by atoms with Crippen molar-refractivity contribution in [2.24, 2.45) is 5.41 Å². The number of fused-ring (bicyclic) bond motifs is 1. The zero-order chi connectivity index (χ0) is 17.5. The third-order valence-electron chi connectivity index (χ3n) is 4.02.